The molecule has 0 aliphatic carbocycles. The number of hydrogen-bond donors (Lipinski definition) is 2. The van der Waals surface area contributed by atoms with Gasteiger partial charge in [0.25, 0.3) is 5.91 Å². The van der Waals surface area contributed by atoms with E-state index in [1.54, 1.807) is 0 Å². The van der Waals surface area contributed by atoms with E-state index in [2.05, 4.69) is 10.9 Å². The fourth-order valence-electron chi connectivity index (χ4n) is 2.35. The highest BCUT2D eigenvalue weighted by Gasteiger charge is 2.29. The molecule has 1 atom stereocenters. The van der Waals surface area contributed by atoms with Crippen LogP contribution in [0, 0.1) is 11.7 Å². The van der Waals surface area contributed by atoms with Crippen LogP contribution in [0.5, 0.6) is 0 Å². The van der Waals surface area contributed by atoms with Crippen molar-refractivity contribution in [1.29, 1.82) is 0 Å². The zero-order valence-electron chi connectivity index (χ0n) is 12.6. The third-order valence-corrected chi connectivity index (χ3v) is 5.69. The minimum atomic E-state index is -3.05. The third kappa shape index (κ3) is 5.31. The van der Waals surface area contributed by atoms with Gasteiger partial charge in [0.15, 0.2) is 9.84 Å². The molecule has 1 heterocycles. The molecule has 0 spiro atoms. The first-order valence-electron chi connectivity index (χ1n) is 7.18. The summed E-state index contributed by atoms with van der Waals surface area (Å²) < 4.78 is 36.1. The van der Waals surface area contributed by atoms with Crippen LogP contribution in [0.1, 0.15) is 18.4 Å². The van der Waals surface area contributed by atoms with Crippen LogP contribution < -0.4 is 10.9 Å². The second-order valence-electron chi connectivity index (χ2n) is 5.48. The normalized spacial score (nSPS) is 19.3. The Kier molecular flexibility index (Phi) is 5.95. The van der Waals surface area contributed by atoms with Gasteiger partial charge in [-0.15, -0.1) is 0 Å². The topological polar surface area (TPSA) is 92.3 Å². The molecule has 6 nitrogen and oxygen atoms in total. The van der Waals surface area contributed by atoms with Gasteiger partial charge in [0.1, 0.15) is 5.82 Å². The van der Waals surface area contributed by atoms with Crippen molar-refractivity contribution in [3.05, 3.63) is 40.7 Å². The molecular weight excluding hydrogens is 359 g/mol. The van der Waals surface area contributed by atoms with Crippen LogP contribution in [-0.2, 0) is 19.4 Å². The Morgan fingerprint density at radius 1 is 1.33 bits per heavy atom. The highest BCUT2D eigenvalue weighted by Crippen LogP contribution is 2.21. The van der Waals surface area contributed by atoms with E-state index < -0.39 is 27.5 Å². The summed E-state index contributed by atoms with van der Waals surface area (Å²) in [4.78, 5) is 23.3. The molecule has 0 bridgehead atoms. The number of benzene rings is 1. The molecule has 2 amide bonds. The minimum absolute atomic E-state index is 0.0138. The van der Waals surface area contributed by atoms with Crippen LogP contribution >= 0.6 is 11.6 Å². The van der Waals surface area contributed by atoms with E-state index >= 15 is 0 Å². The number of rotatable bonds is 4. The quantitative estimate of drug-likeness (QED) is 0.616. The number of carbonyl (C=O) groups is 2. The lowest BCUT2D eigenvalue weighted by molar-refractivity contribution is -0.127. The molecule has 2 N–H and O–H groups in total. The van der Waals surface area contributed by atoms with Crippen molar-refractivity contribution < 1.29 is 22.4 Å². The van der Waals surface area contributed by atoms with Gasteiger partial charge in [-0.2, -0.15) is 0 Å². The molecule has 1 saturated heterocycles. The van der Waals surface area contributed by atoms with Gasteiger partial charge in [-0.05, 0) is 30.5 Å². The van der Waals surface area contributed by atoms with Crippen molar-refractivity contribution in [3.63, 3.8) is 0 Å². The molecule has 1 aromatic carbocycles. The van der Waals surface area contributed by atoms with Crippen molar-refractivity contribution >= 4 is 39.3 Å². The van der Waals surface area contributed by atoms with Crippen molar-refractivity contribution in [3.8, 4) is 0 Å². The lowest BCUT2D eigenvalue weighted by Gasteiger charge is -2.08. The predicted molar refractivity (Wildman–Crippen MR) is 88.1 cm³/mol. The third-order valence-electron chi connectivity index (χ3n) is 3.53. The highest BCUT2D eigenvalue weighted by molar-refractivity contribution is 7.91. The second-order valence-corrected chi connectivity index (χ2v) is 8.12. The van der Waals surface area contributed by atoms with E-state index in [9.17, 15) is 22.4 Å². The summed E-state index contributed by atoms with van der Waals surface area (Å²) in [6.07, 6.45) is 2.69. The molecule has 1 aliphatic rings. The van der Waals surface area contributed by atoms with E-state index in [4.69, 9.17) is 11.6 Å². The molecule has 0 saturated carbocycles. The van der Waals surface area contributed by atoms with Crippen molar-refractivity contribution in [2.45, 2.75) is 12.8 Å². The number of carbonyl (C=O) groups excluding carboxylic acids is 2. The average molecular weight is 375 g/mol. The monoisotopic (exact) mass is 374 g/mol. The molecule has 1 fully saturated rings. The van der Waals surface area contributed by atoms with Crippen LogP contribution in [-0.4, -0.2) is 31.7 Å². The molecule has 0 radical (unpaired) electrons. The van der Waals surface area contributed by atoms with Gasteiger partial charge in [-0.1, -0.05) is 17.7 Å². The van der Waals surface area contributed by atoms with Gasteiger partial charge in [0.05, 0.1) is 16.5 Å². The molecule has 1 aliphatic heterocycles. The van der Waals surface area contributed by atoms with Crippen LogP contribution in [0.15, 0.2) is 24.3 Å². The Labute approximate surface area is 144 Å². The maximum absolute atomic E-state index is 13.5. The van der Waals surface area contributed by atoms with E-state index in [1.807, 2.05) is 0 Å². The van der Waals surface area contributed by atoms with Gasteiger partial charge in [0, 0.05) is 18.1 Å². The summed E-state index contributed by atoms with van der Waals surface area (Å²) in [5, 5.41) is 0.158. The summed E-state index contributed by atoms with van der Waals surface area (Å²) in [6, 6.07) is 4.14. The maximum atomic E-state index is 13.5. The fraction of sp³-hybridized carbons (Fsp3) is 0.333. The number of halogens is 2. The van der Waals surface area contributed by atoms with Crippen molar-refractivity contribution in [2.75, 3.05) is 11.5 Å². The molecule has 0 aromatic heterocycles. The van der Waals surface area contributed by atoms with Crippen LogP contribution in [0.25, 0.3) is 6.08 Å². The lowest BCUT2D eigenvalue weighted by Crippen LogP contribution is -2.41. The van der Waals surface area contributed by atoms with Crippen LogP contribution in [0.4, 0.5) is 4.39 Å². The van der Waals surface area contributed by atoms with Gasteiger partial charge >= 0.3 is 0 Å². The van der Waals surface area contributed by atoms with Gasteiger partial charge < -0.3 is 0 Å². The Bertz CT molecular complexity index is 759. The summed E-state index contributed by atoms with van der Waals surface area (Å²) >= 11 is 5.82. The molecule has 2 rings (SSSR count). The first-order chi connectivity index (χ1) is 11.3. The molecule has 9 heteroatoms. The van der Waals surface area contributed by atoms with Gasteiger partial charge in [-0.3, -0.25) is 20.4 Å². The van der Waals surface area contributed by atoms with E-state index in [1.165, 1.54) is 24.3 Å². The van der Waals surface area contributed by atoms with Crippen molar-refractivity contribution in [2.24, 2.45) is 5.92 Å². The Balaban J connectivity index is 1.81. The van der Waals surface area contributed by atoms with E-state index in [0.29, 0.717) is 6.42 Å². The average Bonchev–Trinajstić information content (AvgIpc) is 2.83. The summed E-state index contributed by atoms with van der Waals surface area (Å²) in [6.45, 7) is 0. The SMILES string of the molecule is O=C(/C=C/c1c(F)cccc1Cl)NNC(=O)C[C@H]1CCS(=O)(=O)C1. The van der Waals surface area contributed by atoms with Crippen molar-refractivity contribution in [1.82, 2.24) is 10.9 Å². The maximum Gasteiger partial charge on any atom is 0.262 e. The molecule has 1 aromatic rings. The first-order valence-corrected chi connectivity index (χ1v) is 9.38. The summed E-state index contributed by atoms with van der Waals surface area (Å²) in [5.74, 6) is -1.88. The van der Waals surface area contributed by atoms with E-state index in [0.717, 1.165) is 6.08 Å². The summed E-state index contributed by atoms with van der Waals surface area (Å²) in [7, 11) is -3.05. The molecule has 0 unspecified atom stereocenters. The Morgan fingerprint density at radius 2 is 2.08 bits per heavy atom. The number of hydrazine groups is 1. The fourth-order valence-corrected chi connectivity index (χ4v) is 4.44. The largest absolute Gasteiger partial charge is 0.273 e. The lowest BCUT2D eigenvalue weighted by atomic mass is 10.1. The van der Waals surface area contributed by atoms with E-state index in [-0.39, 0.29) is 34.4 Å². The first kappa shape index (κ1) is 18.4. The number of hydrogen-bond acceptors (Lipinski definition) is 4. The van der Waals surface area contributed by atoms with Crippen LogP contribution in [0.2, 0.25) is 5.02 Å². The zero-order chi connectivity index (χ0) is 17.7. The molecule has 130 valence electrons. The van der Waals surface area contributed by atoms with Gasteiger partial charge in [-0.25, -0.2) is 12.8 Å². The zero-order valence-corrected chi connectivity index (χ0v) is 14.2. The standard InChI is InChI=1S/C15H16ClFN2O4S/c16-12-2-1-3-13(17)11(12)4-5-14(20)18-19-15(21)8-10-6-7-24(22,23)9-10/h1-5,10H,6-9H2,(H,18,20)(H,19,21)/b5-4+/t10-/m1/s1. The number of amides is 2. The molecule has 24 heavy (non-hydrogen) atoms. The second kappa shape index (κ2) is 7.76. The predicted octanol–water partition coefficient (Wildman–Crippen LogP) is 1.46. The molecular formula is C15H16ClFN2O4S. The van der Waals surface area contributed by atoms with Gasteiger partial charge in [0.2, 0.25) is 5.91 Å². The minimum Gasteiger partial charge on any atom is -0.273 e. The Hall–Kier alpha value is -1.93. The Morgan fingerprint density at radius 3 is 2.71 bits per heavy atom. The smallest absolute Gasteiger partial charge is 0.262 e. The van der Waals surface area contributed by atoms with Crippen LogP contribution in [0.3, 0.4) is 0 Å². The highest BCUT2D eigenvalue weighted by atomic mass is 35.5. The summed E-state index contributed by atoms with van der Waals surface area (Å²) in [5.41, 5.74) is 4.40. The number of nitrogens with one attached hydrogen (secondary N) is 2. The number of sulfone groups is 1.